The third kappa shape index (κ3) is 5.52. The number of para-hydroxylation sites is 3. The topological polar surface area (TPSA) is 113 Å². The molecule has 10 nitrogen and oxygen atoms in total. The maximum absolute atomic E-state index is 12.6. The van der Waals surface area contributed by atoms with Gasteiger partial charge in [-0.25, -0.2) is 14.8 Å². The van der Waals surface area contributed by atoms with E-state index in [-0.39, 0.29) is 6.04 Å². The number of anilines is 2. The molecule has 2 aromatic heterocycles. The number of aliphatic hydroxyl groups is 1. The van der Waals surface area contributed by atoms with Crippen LogP contribution < -0.4 is 20.3 Å². The second-order valence-electron chi connectivity index (χ2n) is 9.80. The van der Waals surface area contributed by atoms with Crippen LogP contribution in [0.5, 0.6) is 5.75 Å². The lowest BCUT2D eigenvalue weighted by Crippen LogP contribution is -2.55. The quantitative estimate of drug-likeness (QED) is 0.340. The van der Waals surface area contributed by atoms with Gasteiger partial charge in [0.15, 0.2) is 0 Å². The molecule has 204 valence electrons. The molecule has 2 atom stereocenters. The highest BCUT2D eigenvalue weighted by atomic mass is 16.5. The number of benzene rings is 2. The van der Waals surface area contributed by atoms with E-state index in [9.17, 15) is 9.90 Å². The van der Waals surface area contributed by atoms with Crippen LogP contribution in [-0.4, -0.2) is 76.1 Å². The van der Waals surface area contributed by atoms with E-state index in [1.165, 1.54) is 6.33 Å². The smallest absolute Gasteiger partial charge is 0.320 e. The molecule has 2 aromatic carbocycles. The largest absolute Gasteiger partial charge is 0.495 e. The molecule has 2 amide bonds. The van der Waals surface area contributed by atoms with Gasteiger partial charge < -0.3 is 20.5 Å². The summed E-state index contributed by atoms with van der Waals surface area (Å²) in [5.41, 5.74) is 8.49. The fourth-order valence-corrected chi connectivity index (χ4v) is 5.40. The van der Waals surface area contributed by atoms with Gasteiger partial charge in [0, 0.05) is 49.5 Å². The Labute approximate surface area is 228 Å². The van der Waals surface area contributed by atoms with E-state index in [1.54, 1.807) is 18.2 Å². The molecule has 4 aromatic rings. The van der Waals surface area contributed by atoms with Crippen molar-refractivity contribution in [1.29, 1.82) is 0 Å². The molecule has 0 saturated carbocycles. The zero-order valence-electron chi connectivity index (χ0n) is 22.3. The van der Waals surface area contributed by atoms with Gasteiger partial charge in [-0.15, -0.1) is 0 Å². The minimum absolute atomic E-state index is 0.203. The molecule has 1 aliphatic rings. The fourth-order valence-electron chi connectivity index (χ4n) is 5.40. The highest BCUT2D eigenvalue weighted by Gasteiger charge is 2.29. The zero-order valence-corrected chi connectivity index (χ0v) is 22.3. The molecular formula is C29H35N7O3. The number of amides is 2. The summed E-state index contributed by atoms with van der Waals surface area (Å²) in [6.45, 7) is 4.75. The number of aliphatic hydroxyl groups excluding tert-OH is 1. The maximum Gasteiger partial charge on any atom is 0.320 e. The van der Waals surface area contributed by atoms with E-state index >= 15 is 0 Å². The molecule has 1 aliphatic heterocycles. The molecule has 2 unspecified atom stereocenters. The Hall–Kier alpha value is -4.15. The predicted octanol–water partition coefficient (Wildman–Crippen LogP) is 3.62. The van der Waals surface area contributed by atoms with E-state index in [2.05, 4.69) is 32.8 Å². The van der Waals surface area contributed by atoms with Crippen molar-refractivity contribution >= 4 is 28.6 Å². The second kappa shape index (κ2) is 11.7. The Bertz CT molecular complexity index is 1410. The van der Waals surface area contributed by atoms with E-state index in [0.29, 0.717) is 30.9 Å². The molecule has 3 heterocycles. The molecule has 5 rings (SSSR count). The number of hydrogen-bond acceptors (Lipinski definition) is 7. The molecule has 1 saturated heterocycles. The minimum Gasteiger partial charge on any atom is -0.495 e. The van der Waals surface area contributed by atoms with Crippen molar-refractivity contribution in [2.75, 3.05) is 43.1 Å². The number of aromatic nitrogens is 3. The average molecular weight is 530 g/mol. The zero-order chi connectivity index (χ0) is 27.4. The van der Waals surface area contributed by atoms with Gasteiger partial charge in [0.2, 0.25) is 0 Å². The van der Waals surface area contributed by atoms with Crippen LogP contribution in [0.15, 0.2) is 73.2 Å². The number of nitrogens with two attached hydrogens (primary N) is 1. The molecule has 0 spiro atoms. The van der Waals surface area contributed by atoms with Gasteiger partial charge in [-0.1, -0.05) is 30.3 Å². The van der Waals surface area contributed by atoms with Gasteiger partial charge in [-0.2, -0.15) is 0 Å². The molecule has 10 heteroatoms. The van der Waals surface area contributed by atoms with Crippen LogP contribution in [0.25, 0.3) is 16.7 Å². The van der Waals surface area contributed by atoms with Crippen molar-refractivity contribution < 1.29 is 14.6 Å². The number of piperazine rings is 1. The van der Waals surface area contributed by atoms with E-state index < -0.39 is 12.3 Å². The summed E-state index contributed by atoms with van der Waals surface area (Å²) in [6, 6.07) is 19.3. The minimum atomic E-state index is -0.618. The van der Waals surface area contributed by atoms with Crippen molar-refractivity contribution in [3.63, 3.8) is 0 Å². The van der Waals surface area contributed by atoms with Crippen LogP contribution >= 0.6 is 0 Å². The third-order valence-electron chi connectivity index (χ3n) is 7.32. The highest BCUT2D eigenvalue weighted by molar-refractivity contribution is 5.94. The molecule has 0 aliphatic carbocycles. The van der Waals surface area contributed by atoms with Crippen LogP contribution in [0.2, 0.25) is 0 Å². The van der Waals surface area contributed by atoms with Crippen LogP contribution in [0.4, 0.5) is 16.3 Å². The number of urea groups is 1. The molecule has 1 fully saturated rings. The van der Waals surface area contributed by atoms with Crippen molar-refractivity contribution in [3.8, 4) is 11.4 Å². The van der Waals surface area contributed by atoms with Crippen molar-refractivity contribution in [2.24, 2.45) is 5.73 Å². The van der Waals surface area contributed by atoms with Gasteiger partial charge in [-0.05, 0) is 50.1 Å². The summed E-state index contributed by atoms with van der Waals surface area (Å²) in [4.78, 5) is 27.2. The Morgan fingerprint density at radius 3 is 2.69 bits per heavy atom. The van der Waals surface area contributed by atoms with Gasteiger partial charge in [0.25, 0.3) is 0 Å². The number of fused-ring (bicyclic) bond motifs is 1. The van der Waals surface area contributed by atoms with Gasteiger partial charge in [-0.3, -0.25) is 14.4 Å². The Kier molecular flexibility index (Phi) is 7.94. The number of methoxy groups -OCH3 is 1. The number of primary amides is 1. The maximum atomic E-state index is 12.6. The summed E-state index contributed by atoms with van der Waals surface area (Å²) >= 11 is 0. The number of nitrogens with zero attached hydrogens (tertiary/aromatic N) is 6. The Morgan fingerprint density at radius 2 is 1.95 bits per heavy atom. The molecule has 0 radical (unpaired) electrons. The summed E-state index contributed by atoms with van der Waals surface area (Å²) in [6.07, 6.45) is 3.68. The van der Waals surface area contributed by atoms with E-state index in [1.807, 2.05) is 59.2 Å². The molecule has 3 N–H and O–H groups in total. The van der Waals surface area contributed by atoms with Crippen molar-refractivity contribution in [3.05, 3.63) is 73.2 Å². The third-order valence-corrected chi connectivity index (χ3v) is 7.32. The lowest BCUT2D eigenvalue weighted by atomic mass is 10.1. The Balaban J connectivity index is 1.26. The monoisotopic (exact) mass is 529 g/mol. The lowest BCUT2D eigenvalue weighted by molar-refractivity contribution is -0.0130. The van der Waals surface area contributed by atoms with E-state index in [0.717, 1.165) is 42.1 Å². The number of carbonyl (C=O) groups excluding carboxylic acids is 1. The summed E-state index contributed by atoms with van der Waals surface area (Å²) in [7, 11) is 1.69. The standard InChI is InChI=1S/C29H35N7O3/c1-21-19-33(15-16-34(21)24-11-6-7-12-25(24)39-2)27(37)13-8-14-35(29(30)38)26-17-22-18-31-20-32-28(22)36(26)23-9-4-3-5-10-23/h3-7,9-12,17-18,20-21,27,37H,8,13-16,19H2,1-2H3,(H2,30,38). The van der Waals surface area contributed by atoms with Crippen molar-refractivity contribution in [1.82, 2.24) is 19.4 Å². The second-order valence-corrected chi connectivity index (χ2v) is 9.80. The SMILES string of the molecule is COc1ccccc1N1CCN(C(O)CCCN(C(N)=O)c2cc3cncnc3n2-c2ccccc2)CC1C. The van der Waals surface area contributed by atoms with Gasteiger partial charge in [0.05, 0.1) is 12.8 Å². The number of carbonyl (C=O) groups is 1. The molecule has 39 heavy (non-hydrogen) atoms. The molecular weight excluding hydrogens is 494 g/mol. The first-order valence-corrected chi connectivity index (χ1v) is 13.2. The lowest BCUT2D eigenvalue weighted by Gasteiger charge is -2.43. The highest BCUT2D eigenvalue weighted by Crippen LogP contribution is 2.32. The van der Waals surface area contributed by atoms with Gasteiger partial charge in [0.1, 0.15) is 29.8 Å². The first-order valence-electron chi connectivity index (χ1n) is 13.2. The normalized spacial score (nSPS) is 16.8. The summed E-state index contributed by atoms with van der Waals surface area (Å²) in [5, 5.41) is 11.9. The first-order chi connectivity index (χ1) is 19.0. The number of ether oxygens (including phenoxy) is 1. The number of hydrogen-bond donors (Lipinski definition) is 2. The molecule has 0 bridgehead atoms. The van der Waals surface area contributed by atoms with Crippen LogP contribution in [-0.2, 0) is 0 Å². The Morgan fingerprint density at radius 1 is 1.18 bits per heavy atom. The predicted molar refractivity (Wildman–Crippen MR) is 152 cm³/mol. The fraction of sp³-hybridized carbons (Fsp3) is 0.345. The van der Waals surface area contributed by atoms with Crippen molar-refractivity contribution in [2.45, 2.75) is 32.0 Å². The first kappa shape index (κ1) is 26.5. The summed E-state index contributed by atoms with van der Waals surface area (Å²) in [5.74, 6) is 1.47. The van der Waals surface area contributed by atoms with Gasteiger partial charge >= 0.3 is 6.03 Å². The van der Waals surface area contributed by atoms with E-state index in [4.69, 9.17) is 10.5 Å². The van der Waals surface area contributed by atoms with Crippen LogP contribution in [0.3, 0.4) is 0 Å². The van der Waals surface area contributed by atoms with Crippen LogP contribution in [0.1, 0.15) is 19.8 Å². The summed E-state index contributed by atoms with van der Waals surface area (Å²) < 4.78 is 7.47. The number of rotatable bonds is 9. The van der Waals surface area contributed by atoms with Crippen LogP contribution in [0, 0.1) is 0 Å². The average Bonchev–Trinajstić information content (AvgIpc) is 3.34.